The second-order valence-corrected chi connectivity index (χ2v) is 7.03. The average Bonchev–Trinajstić information content (AvgIpc) is 2.48. The maximum atomic E-state index is 12.6. The lowest BCUT2D eigenvalue weighted by atomic mass is 9.79. The molecule has 0 heterocycles. The van der Waals surface area contributed by atoms with E-state index in [0.29, 0.717) is 11.8 Å². The molecular weight excluding hydrogens is 248 g/mol. The average molecular weight is 280 g/mol. The fourth-order valence-corrected chi connectivity index (χ4v) is 4.17. The van der Waals surface area contributed by atoms with Crippen LogP contribution in [-0.2, 0) is 4.79 Å². The number of carbonyl (C=O) groups is 1. The van der Waals surface area contributed by atoms with Crippen LogP contribution in [-0.4, -0.2) is 30.9 Å². The van der Waals surface area contributed by atoms with Gasteiger partial charge < -0.3 is 10.6 Å². The highest BCUT2D eigenvalue weighted by Gasteiger charge is 2.29. The lowest BCUT2D eigenvalue weighted by Gasteiger charge is -2.33. The van der Waals surface area contributed by atoms with E-state index in [9.17, 15) is 4.79 Å². The first-order chi connectivity index (χ1) is 9.70. The Kier molecular flexibility index (Phi) is 6.34. The van der Waals surface area contributed by atoms with E-state index in [2.05, 4.69) is 0 Å². The van der Waals surface area contributed by atoms with Crippen LogP contribution in [0.4, 0.5) is 0 Å². The Balaban J connectivity index is 1.79. The molecule has 0 spiro atoms. The van der Waals surface area contributed by atoms with Crippen molar-refractivity contribution in [2.24, 2.45) is 23.5 Å². The first kappa shape index (κ1) is 15.8. The van der Waals surface area contributed by atoms with Crippen LogP contribution >= 0.6 is 0 Å². The van der Waals surface area contributed by atoms with Gasteiger partial charge in [0.1, 0.15) is 0 Å². The summed E-state index contributed by atoms with van der Waals surface area (Å²) in [5.41, 5.74) is 5.67. The lowest BCUT2D eigenvalue weighted by molar-refractivity contribution is -0.136. The van der Waals surface area contributed by atoms with Crippen LogP contribution in [0.5, 0.6) is 0 Å². The molecule has 2 saturated carbocycles. The van der Waals surface area contributed by atoms with Gasteiger partial charge in [0.25, 0.3) is 0 Å². The highest BCUT2D eigenvalue weighted by molar-refractivity contribution is 5.78. The third kappa shape index (κ3) is 4.47. The Labute approximate surface area is 124 Å². The number of nitrogens with zero attached hydrogens (tertiary/aromatic N) is 1. The summed E-state index contributed by atoms with van der Waals surface area (Å²) in [6.45, 7) is 1.75. The van der Waals surface area contributed by atoms with Crippen molar-refractivity contribution in [3.63, 3.8) is 0 Å². The molecule has 20 heavy (non-hydrogen) atoms. The van der Waals surface area contributed by atoms with E-state index in [1.165, 1.54) is 44.9 Å². The molecule has 116 valence electrons. The summed E-state index contributed by atoms with van der Waals surface area (Å²) in [6, 6.07) is 0. The third-order valence-electron chi connectivity index (χ3n) is 5.34. The lowest BCUT2D eigenvalue weighted by Crippen LogP contribution is -2.38. The number of nitrogens with two attached hydrogens (primary N) is 1. The summed E-state index contributed by atoms with van der Waals surface area (Å²) < 4.78 is 0. The molecular formula is C17H32N2O. The van der Waals surface area contributed by atoms with Gasteiger partial charge in [-0.25, -0.2) is 0 Å². The minimum absolute atomic E-state index is 0.272. The molecule has 0 aromatic heterocycles. The summed E-state index contributed by atoms with van der Waals surface area (Å²) >= 11 is 0. The van der Waals surface area contributed by atoms with Gasteiger partial charge in [-0.1, -0.05) is 32.1 Å². The fourth-order valence-electron chi connectivity index (χ4n) is 4.17. The fraction of sp³-hybridized carbons (Fsp3) is 0.941. The molecule has 0 bridgehead atoms. The highest BCUT2D eigenvalue weighted by atomic mass is 16.2. The number of hydrogen-bond donors (Lipinski definition) is 1. The standard InChI is InChI=1S/C17H32N2O/c1-19(13-15-6-3-2-4-7-15)17(20)16-9-5-8-14(12-16)10-11-18/h14-16H,2-13,18H2,1H3. The zero-order chi connectivity index (χ0) is 14.4. The van der Waals surface area contributed by atoms with Gasteiger partial charge >= 0.3 is 0 Å². The Hall–Kier alpha value is -0.570. The van der Waals surface area contributed by atoms with Crippen molar-refractivity contribution in [2.45, 2.75) is 64.2 Å². The summed E-state index contributed by atoms with van der Waals surface area (Å²) in [4.78, 5) is 14.6. The SMILES string of the molecule is CN(CC1CCCCC1)C(=O)C1CCCC(CCN)C1. The molecule has 0 aromatic rings. The molecule has 2 aliphatic rings. The molecule has 1 amide bonds. The summed E-state index contributed by atoms with van der Waals surface area (Å²) in [5, 5.41) is 0. The minimum Gasteiger partial charge on any atom is -0.345 e. The van der Waals surface area contributed by atoms with Gasteiger partial charge in [0, 0.05) is 19.5 Å². The molecule has 0 radical (unpaired) electrons. The highest BCUT2D eigenvalue weighted by Crippen LogP contribution is 2.32. The Bertz CT molecular complexity index is 297. The molecule has 2 aliphatic carbocycles. The van der Waals surface area contributed by atoms with Gasteiger partial charge in [-0.2, -0.15) is 0 Å². The summed E-state index contributed by atoms with van der Waals surface area (Å²) in [5.74, 6) is 2.11. The maximum absolute atomic E-state index is 12.6. The molecule has 0 aromatic carbocycles. The number of rotatable bonds is 5. The van der Waals surface area contributed by atoms with E-state index in [1.54, 1.807) is 0 Å². The smallest absolute Gasteiger partial charge is 0.225 e. The monoisotopic (exact) mass is 280 g/mol. The molecule has 2 unspecified atom stereocenters. The van der Waals surface area contributed by atoms with Crippen molar-refractivity contribution in [3.8, 4) is 0 Å². The quantitative estimate of drug-likeness (QED) is 0.840. The number of hydrogen-bond acceptors (Lipinski definition) is 2. The van der Waals surface area contributed by atoms with E-state index in [0.717, 1.165) is 38.3 Å². The van der Waals surface area contributed by atoms with Gasteiger partial charge in [0.2, 0.25) is 5.91 Å². The van der Waals surface area contributed by atoms with Gasteiger partial charge in [0.05, 0.1) is 0 Å². The molecule has 2 fully saturated rings. The van der Waals surface area contributed by atoms with Crippen LogP contribution < -0.4 is 5.73 Å². The van der Waals surface area contributed by atoms with Crippen molar-refractivity contribution in [1.82, 2.24) is 4.90 Å². The van der Waals surface area contributed by atoms with Crippen LogP contribution in [0, 0.1) is 17.8 Å². The normalized spacial score (nSPS) is 28.3. The van der Waals surface area contributed by atoms with Crippen molar-refractivity contribution >= 4 is 5.91 Å². The van der Waals surface area contributed by atoms with Crippen LogP contribution in [0.3, 0.4) is 0 Å². The van der Waals surface area contributed by atoms with Gasteiger partial charge in [-0.05, 0) is 50.5 Å². The molecule has 0 aliphatic heterocycles. The van der Waals surface area contributed by atoms with Crippen LogP contribution in [0.15, 0.2) is 0 Å². The molecule has 2 rings (SSSR count). The molecule has 2 atom stereocenters. The topological polar surface area (TPSA) is 46.3 Å². The van der Waals surface area contributed by atoms with Crippen LogP contribution in [0.1, 0.15) is 64.2 Å². The number of amides is 1. The molecule has 0 saturated heterocycles. The van der Waals surface area contributed by atoms with E-state index in [-0.39, 0.29) is 5.92 Å². The Morgan fingerprint density at radius 3 is 2.45 bits per heavy atom. The van der Waals surface area contributed by atoms with Gasteiger partial charge in [0.15, 0.2) is 0 Å². The van der Waals surface area contributed by atoms with Gasteiger partial charge in [-0.15, -0.1) is 0 Å². The second kappa shape index (κ2) is 8.02. The van der Waals surface area contributed by atoms with Crippen molar-refractivity contribution < 1.29 is 4.79 Å². The minimum atomic E-state index is 0.272. The predicted molar refractivity (Wildman–Crippen MR) is 83.3 cm³/mol. The first-order valence-electron chi connectivity index (χ1n) is 8.65. The Morgan fingerprint density at radius 1 is 1.05 bits per heavy atom. The van der Waals surface area contributed by atoms with E-state index in [1.807, 2.05) is 11.9 Å². The van der Waals surface area contributed by atoms with E-state index >= 15 is 0 Å². The second-order valence-electron chi connectivity index (χ2n) is 7.03. The zero-order valence-electron chi connectivity index (χ0n) is 13.2. The summed E-state index contributed by atoms with van der Waals surface area (Å²) in [7, 11) is 2.02. The number of carbonyl (C=O) groups excluding carboxylic acids is 1. The maximum Gasteiger partial charge on any atom is 0.225 e. The van der Waals surface area contributed by atoms with Gasteiger partial charge in [-0.3, -0.25) is 4.79 Å². The largest absolute Gasteiger partial charge is 0.345 e. The third-order valence-corrected chi connectivity index (χ3v) is 5.34. The molecule has 3 heteroatoms. The van der Waals surface area contributed by atoms with Crippen LogP contribution in [0.25, 0.3) is 0 Å². The predicted octanol–water partition coefficient (Wildman–Crippen LogP) is 3.18. The molecule has 2 N–H and O–H groups in total. The Morgan fingerprint density at radius 2 is 1.75 bits per heavy atom. The van der Waals surface area contributed by atoms with E-state index < -0.39 is 0 Å². The zero-order valence-corrected chi connectivity index (χ0v) is 13.2. The first-order valence-corrected chi connectivity index (χ1v) is 8.65. The molecule has 3 nitrogen and oxygen atoms in total. The summed E-state index contributed by atoms with van der Waals surface area (Å²) in [6.07, 6.45) is 12.5. The van der Waals surface area contributed by atoms with Crippen molar-refractivity contribution in [3.05, 3.63) is 0 Å². The van der Waals surface area contributed by atoms with E-state index in [4.69, 9.17) is 5.73 Å². The van der Waals surface area contributed by atoms with Crippen molar-refractivity contribution in [1.29, 1.82) is 0 Å². The van der Waals surface area contributed by atoms with Crippen molar-refractivity contribution in [2.75, 3.05) is 20.1 Å². The van der Waals surface area contributed by atoms with Crippen LogP contribution in [0.2, 0.25) is 0 Å².